The summed E-state index contributed by atoms with van der Waals surface area (Å²) in [5.74, 6) is -2.19. The molecule has 0 atom stereocenters. The van der Waals surface area contributed by atoms with Crippen LogP contribution in [0.3, 0.4) is 0 Å². The molecule has 7 heteroatoms. The highest BCUT2D eigenvalue weighted by Gasteiger charge is 2.25. The maximum absolute atomic E-state index is 13.7. The third kappa shape index (κ3) is 4.36. The quantitative estimate of drug-likeness (QED) is 0.882. The zero-order chi connectivity index (χ0) is 18.5. The molecule has 1 fully saturated rings. The lowest BCUT2D eigenvalue weighted by Gasteiger charge is -2.32. The molecule has 0 aromatic heterocycles. The second-order valence-electron chi connectivity index (χ2n) is 6.16. The molecule has 1 aliphatic heterocycles. The van der Waals surface area contributed by atoms with Gasteiger partial charge in [-0.25, -0.2) is 13.6 Å². The number of halogens is 2. The summed E-state index contributed by atoms with van der Waals surface area (Å²) in [4.78, 5) is 26.0. The van der Waals surface area contributed by atoms with E-state index in [4.69, 9.17) is 0 Å². The lowest BCUT2D eigenvalue weighted by Crippen LogP contribution is -2.47. The van der Waals surface area contributed by atoms with Gasteiger partial charge < -0.3 is 15.5 Å². The van der Waals surface area contributed by atoms with Gasteiger partial charge in [-0.3, -0.25) is 4.79 Å². The van der Waals surface area contributed by atoms with Gasteiger partial charge in [0, 0.05) is 30.9 Å². The van der Waals surface area contributed by atoms with Crippen molar-refractivity contribution in [3.63, 3.8) is 0 Å². The average molecular weight is 359 g/mol. The van der Waals surface area contributed by atoms with Crippen LogP contribution in [0.25, 0.3) is 0 Å². The Labute approximate surface area is 150 Å². The van der Waals surface area contributed by atoms with Crippen molar-refractivity contribution in [3.05, 3.63) is 65.7 Å². The first-order valence-corrected chi connectivity index (χ1v) is 8.40. The Hall–Kier alpha value is -2.96. The maximum atomic E-state index is 13.7. The molecule has 1 saturated heterocycles. The van der Waals surface area contributed by atoms with Crippen LogP contribution in [0.1, 0.15) is 23.2 Å². The van der Waals surface area contributed by atoms with Crippen LogP contribution in [0.15, 0.2) is 48.5 Å². The van der Waals surface area contributed by atoms with E-state index < -0.39 is 17.5 Å². The highest BCUT2D eigenvalue weighted by molar-refractivity contribution is 5.94. The molecule has 5 nitrogen and oxygen atoms in total. The lowest BCUT2D eigenvalue weighted by molar-refractivity contribution is 0.0915. The summed E-state index contributed by atoms with van der Waals surface area (Å²) >= 11 is 0. The minimum atomic E-state index is -0.887. The largest absolute Gasteiger partial charge is 0.349 e. The highest BCUT2D eigenvalue weighted by atomic mass is 19.1. The van der Waals surface area contributed by atoms with Crippen molar-refractivity contribution in [3.8, 4) is 0 Å². The van der Waals surface area contributed by atoms with E-state index in [0.29, 0.717) is 32.0 Å². The predicted octanol–water partition coefficient (Wildman–Crippen LogP) is 3.39. The molecule has 2 aromatic carbocycles. The van der Waals surface area contributed by atoms with E-state index in [1.807, 2.05) is 30.3 Å². The third-order valence-electron chi connectivity index (χ3n) is 4.32. The number of rotatable bonds is 3. The van der Waals surface area contributed by atoms with E-state index >= 15 is 0 Å². The fourth-order valence-electron chi connectivity index (χ4n) is 2.89. The van der Waals surface area contributed by atoms with Gasteiger partial charge in [-0.15, -0.1) is 0 Å². The molecule has 2 N–H and O–H groups in total. The summed E-state index contributed by atoms with van der Waals surface area (Å²) in [5.41, 5.74) is 0.537. The monoisotopic (exact) mass is 359 g/mol. The van der Waals surface area contributed by atoms with Gasteiger partial charge in [0.2, 0.25) is 0 Å². The van der Waals surface area contributed by atoms with E-state index in [1.54, 1.807) is 4.90 Å². The smallest absolute Gasteiger partial charge is 0.321 e. The Morgan fingerprint density at radius 3 is 2.35 bits per heavy atom. The second-order valence-corrected chi connectivity index (χ2v) is 6.16. The first-order valence-electron chi connectivity index (χ1n) is 8.40. The first-order chi connectivity index (χ1) is 12.5. The SMILES string of the molecule is O=C(NC1CCN(C(=O)Nc2ccccc2)CC1)c1ccc(F)cc1F. The molecule has 1 heterocycles. The third-order valence-corrected chi connectivity index (χ3v) is 4.32. The van der Waals surface area contributed by atoms with Gasteiger partial charge in [0.15, 0.2) is 0 Å². The standard InChI is InChI=1S/C19H19F2N3O2/c20-13-6-7-16(17(21)12-13)18(25)22-15-8-10-24(11-9-15)19(26)23-14-4-2-1-3-5-14/h1-7,12,15H,8-11H2,(H,22,25)(H,23,26). The van der Waals surface area contributed by atoms with Gasteiger partial charge in [0.05, 0.1) is 5.56 Å². The van der Waals surface area contributed by atoms with Crippen molar-refractivity contribution in [2.75, 3.05) is 18.4 Å². The summed E-state index contributed by atoms with van der Waals surface area (Å²) in [6.45, 7) is 0.963. The molecule has 136 valence electrons. The Morgan fingerprint density at radius 2 is 1.69 bits per heavy atom. The van der Waals surface area contributed by atoms with E-state index in [2.05, 4.69) is 10.6 Å². The zero-order valence-electron chi connectivity index (χ0n) is 14.0. The van der Waals surface area contributed by atoms with Crippen LogP contribution >= 0.6 is 0 Å². The number of nitrogens with one attached hydrogen (secondary N) is 2. The molecule has 2 aromatic rings. The number of carbonyl (C=O) groups excluding carboxylic acids is 2. The molecular weight excluding hydrogens is 340 g/mol. The van der Waals surface area contributed by atoms with E-state index in [0.717, 1.165) is 17.8 Å². The fourth-order valence-corrected chi connectivity index (χ4v) is 2.89. The molecule has 0 saturated carbocycles. The number of anilines is 1. The summed E-state index contributed by atoms with van der Waals surface area (Å²) in [6, 6.07) is 11.7. The highest BCUT2D eigenvalue weighted by Crippen LogP contribution is 2.15. The minimum absolute atomic E-state index is 0.160. The van der Waals surface area contributed by atoms with Crippen molar-refractivity contribution in [2.24, 2.45) is 0 Å². The van der Waals surface area contributed by atoms with Crippen LogP contribution < -0.4 is 10.6 Å². The first kappa shape index (κ1) is 17.8. The van der Waals surface area contributed by atoms with Crippen LogP contribution in [-0.4, -0.2) is 36.0 Å². The number of amides is 3. The molecule has 0 aliphatic carbocycles. The fraction of sp³-hybridized carbons (Fsp3) is 0.263. The molecule has 3 amide bonds. The van der Waals surface area contributed by atoms with E-state index in [1.165, 1.54) is 0 Å². The molecule has 26 heavy (non-hydrogen) atoms. The van der Waals surface area contributed by atoms with E-state index in [9.17, 15) is 18.4 Å². The number of urea groups is 1. The zero-order valence-corrected chi connectivity index (χ0v) is 14.0. The predicted molar refractivity (Wildman–Crippen MR) is 93.9 cm³/mol. The van der Waals surface area contributed by atoms with Gasteiger partial charge in [-0.1, -0.05) is 18.2 Å². The Bertz CT molecular complexity index is 791. The number of hydrogen-bond acceptors (Lipinski definition) is 2. The van der Waals surface area contributed by atoms with Crippen molar-refractivity contribution >= 4 is 17.6 Å². The second kappa shape index (κ2) is 7.95. The number of para-hydroxylation sites is 1. The van der Waals surface area contributed by atoms with Crippen LogP contribution in [0.4, 0.5) is 19.3 Å². The Kier molecular flexibility index (Phi) is 5.46. The van der Waals surface area contributed by atoms with Crippen LogP contribution in [-0.2, 0) is 0 Å². The number of benzene rings is 2. The van der Waals surface area contributed by atoms with Crippen LogP contribution in [0.5, 0.6) is 0 Å². The maximum Gasteiger partial charge on any atom is 0.321 e. The molecule has 0 spiro atoms. The molecule has 0 radical (unpaired) electrons. The Morgan fingerprint density at radius 1 is 1.00 bits per heavy atom. The normalized spacial score (nSPS) is 14.8. The van der Waals surface area contributed by atoms with Crippen molar-refractivity contribution in [1.82, 2.24) is 10.2 Å². The summed E-state index contributed by atoms with van der Waals surface area (Å²) in [5, 5.41) is 5.57. The van der Waals surface area contributed by atoms with Crippen LogP contribution in [0.2, 0.25) is 0 Å². The number of hydrogen-bond donors (Lipinski definition) is 2. The van der Waals surface area contributed by atoms with Crippen molar-refractivity contribution < 1.29 is 18.4 Å². The molecule has 1 aliphatic rings. The number of likely N-dealkylation sites (tertiary alicyclic amines) is 1. The number of nitrogens with zero attached hydrogens (tertiary/aromatic N) is 1. The van der Waals surface area contributed by atoms with Gasteiger partial charge in [-0.2, -0.15) is 0 Å². The topological polar surface area (TPSA) is 61.4 Å². The molecular formula is C19H19F2N3O2. The van der Waals surface area contributed by atoms with Crippen molar-refractivity contribution in [2.45, 2.75) is 18.9 Å². The minimum Gasteiger partial charge on any atom is -0.349 e. The summed E-state index contributed by atoms with van der Waals surface area (Å²) < 4.78 is 26.6. The van der Waals surface area contributed by atoms with Gasteiger partial charge >= 0.3 is 6.03 Å². The molecule has 0 bridgehead atoms. The molecule has 3 rings (SSSR count). The Balaban J connectivity index is 1.50. The molecule has 0 unspecified atom stereocenters. The number of piperidine rings is 1. The van der Waals surface area contributed by atoms with Gasteiger partial charge in [0.25, 0.3) is 5.91 Å². The van der Waals surface area contributed by atoms with Gasteiger partial charge in [0.1, 0.15) is 11.6 Å². The average Bonchev–Trinajstić information content (AvgIpc) is 2.63. The lowest BCUT2D eigenvalue weighted by atomic mass is 10.0. The van der Waals surface area contributed by atoms with Crippen molar-refractivity contribution in [1.29, 1.82) is 0 Å². The summed E-state index contributed by atoms with van der Waals surface area (Å²) in [6.07, 6.45) is 1.13. The van der Waals surface area contributed by atoms with Crippen LogP contribution in [0, 0.1) is 11.6 Å². The summed E-state index contributed by atoms with van der Waals surface area (Å²) in [7, 11) is 0. The van der Waals surface area contributed by atoms with E-state index in [-0.39, 0.29) is 17.6 Å². The van der Waals surface area contributed by atoms with Gasteiger partial charge in [-0.05, 0) is 37.1 Å². The number of carbonyl (C=O) groups is 2.